The first kappa shape index (κ1) is 14.6. The van der Waals surface area contributed by atoms with Gasteiger partial charge in [-0.15, -0.1) is 0 Å². The van der Waals surface area contributed by atoms with Gasteiger partial charge in [-0.3, -0.25) is 0 Å². The minimum atomic E-state index is 0.355. The Balaban J connectivity index is 2.15. The molecule has 1 fully saturated rings. The van der Waals surface area contributed by atoms with E-state index < -0.39 is 0 Å². The number of halogens is 1. The van der Waals surface area contributed by atoms with Crippen molar-refractivity contribution in [1.29, 1.82) is 0 Å². The summed E-state index contributed by atoms with van der Waals surface area (Å²) >= 11 is 6.21. The molecule has 0 spiro atoms. The number of nitrogens with one attached hydrogen (secondary N) is 1. The number of hydrogen-bond donors (Lipinski definition) is 1. The summed E-state index contributed by atoms with van der Waals surface area (Å²) in [7, 11) is 0. The Morgan fingerprint density at radius 2 is 2.32 bits per heavy atom. The van der Waals surface area contributed by atoms with Gasteiger partial charge in [-0.05, 0) is 19.1 Å². The highest BCUT2D eigenvalue weighted by Crippen LogP contribution is 2.22. The summed E-state index contributed by atoms with van der Waals surface area (Å²) < 4.78 is 5.46. The zero-order valence-corrected chi connectivity index (χ0v) is 12.6. The lowest BCUT2D eigenvalue weighted by Crippen LogP contribution is -2.44. The van der Waals surface area contributed by atoms with Gasteiger partial charge in [-0.1, -0.05) is 25.4 Å². The molecule has 5 heteroatoms. The van der Waals surface area contributed by atoms with Gasteiger partial charge >= 0.3 is 0 Å². The first-order valence-electron chi connectivity index (χ1n) is 6.81. The average molecular weight is 284 g/mol. The molecule has 1 aromatic rings. The Morgan fingerprint density at radius 3 is 3.00 bits per heavy atom. The molecule has 0 saturated carbocycles. The van der Waals surface area contributed by atoms with E-state index >= 15 is 0 Å². The van der Waals surface area contributed by atoms with E-state index in [0.717, 1.165) is 36.3 Å². The van der Waals surface area contributed by atoms with Gasteiger partial charge < -0.3 is 15.0 Å². The second-order valence-corrected chi connectivity index (χ2v) is 5.66. The van der Waals surface area contributed by atoms with Crippen molar-refractivity contribution in [2.45, 2.75) is 39.4 Å². The maximum atomic E-state index is 6.21. The minimum Gasteiger partial charge on any atom is -0.377 e. The third-order valence-electron chi connectivity index (χ3n) is 3.24. The maximum Gasteiger partial charge on any atom is 0.129 e. The minimum absolute atomic E-state index is 0.355. The summed E-state index contributed by atoms with van der Waals surface area (Å²) in [5.41, 5.74) is 0.909. The third-order valence-corrected chi connectivity index (χ3v) is 3.59. The van der Waals surface area contributed by atoms with Crippen LogP contribution in [0.2, 0.25) is 5.02 Å². The number of rotatable bonds is 4. The Hall–Kier alpha value is -0.840. The Bertz CT molecular complexity index is 425. The number of aromatic nitrogens is 1. The first-order chi connectivity index (χ1) is 9.08. The fourth-order valence-electron chi connectivity index (χ4n) is 2.13. The molecule has 1 aliphatic heterocycles. The first-order valence-corrected chi connectivity index (χ1v) is 7.19. The molecular formula is C14H22ClN3O. The van der Waals surface area contributed by atoms with Gasteiger partial charge in [-0.25, -0.2) is 4.98 Å². The predicted molar refractivity (Wildman–Crippen MR) is 78.8 cm³/mol. The Kier molecular flexibility index (Phi) is 5.02. The lowest BCUT2D eigenvalue weighted by Gasteiger charge is -2.34. The van der Waals surface area contributed by atoms with E-state index in [9.17, 15) is 0 Å². The molecule has 2 rings (SSSR count). The predicted octanol–water partition coefficient (Wildman–Crippen LogP) is 2.46. The van der Waals surface area contributed by atoms with E-state index in [1.165, 1.54) is 0 Å². The fourth-order valence-corrected chi connectivity index (χ4v) is 2.30. The van der Waals surface area contributed by atoms with Crippen LogP contribution < -0.4 is 10.2 Å². The summed E-state index contributed by atoms with van der Waals surface area (Å²) in [6, 6.07) is 4.70. The van der Waals surface area contributed by atoms with Gasteiger partial charge in [0.2, 0.25) is 0 Å². The molecule has 0 radical (unpaired) electrons. The average Bonchev–Trinajstić information content (AvgIpc) is 2.38. The molecule has 19 heavy (non-hydrogen) atoms. The third kappa shape index (κ3) is 3.81. The maximum absolute atomic E-state index is 6.21. The molecule has 1 saturated heterocycles. The number of anilines is 1. The highest BCUT2D eigenvalue weighted by atomic mass is 35.5. The molecule has 106 valence electrons. The smallest absolute Gasteiger partial charge is 0.129 e. The van der Waals surface area contributed by atoms with Crippen LogP contribution in [0.15, 0.2) is 12.1 Å². The number of morpholine rings is 1. The molecule has 1 unspecified atom stereocenters. The van der Waals surface area contributed by atoms with Crippen LogP contribution in [-0.2, 0) is 11.3 Å². The summed E-state index contributed by atoms with van der Waals surface area (Å²) in [5.74, 6) is 0.987. The van der Waals surface area contributed by atoms with Gasteiger partial charge in [0.15, 0.2) is 0 Å². The summed E-state index contributed by atoms with van der Waals surface area (Å²) in [6.45, 7) is 9.47. The fraction of sp³-hybridized carbons (Fsp3) is 0.643. The highest BCUT2D eigenvalue weighted by molar-refractivity contribution is 6.31. The van der Waals surface area contributed by atoms with Crippen LogP contribution in [-0.4, -0.2) is 36.8 Å². The number of ether oxygens (including phenoxy) is 1. The van der Waals surface area contributed by atoms with Crippen molar-refractivity contribution >= 4 is 17.4 Å². The summed E-state index contributed by atoms with van der Waals surface area (Å²) in [4.78, 5) is 6.97. The van der Waals surface area contributed by atoms with Crippen LogP contribution in [0.1, 0.15) is 26.5 Å². The quantitative estimate of drug-likeness (QED) is 0.921. The van der Waals surface area contributed by atoms with Crippen molar-refractivity contribution in [2.75, 3.05) is 24.7 Å². The molecule has 1 aromatic heterocycles. The van der Waals surface area contributed by atoms with Crippen molar-refractivity contribution in [2.24, 2.45) is 0 Å². The van der Waals surface area contributed by atoms with Crippen molar-refractivity contribution in [3.63, 3.8) is 0 Å². The standard InChI is InChI=1S/C14H22ClN3O/c1-10(2)16-8-13-12(15)4-5-14(17-13)18-6-7-19-9-11(18)3/h4-5,10-11,16H,6-9H2,1-3H3. The largest absolute Gasteiger partial charge is 0.377 e. The molecule has 2 heterocycles. The van der Waals surface area contributed by atoms with Crippen molar-refractivity contribution in [1.82, 2.24) is 10.3 Å². The van der Waals surface area contributed by atoms with E-state index in [4.69, 9.17) is 21.3 Å². The topological polar surface area (TPSA) is 37.4 Å². The molecule has 1 aliphatic rings. The molecule has 0 aromatic carbocycles. The van der Waals surface area contributed by atoms with Crippen molar-refractivity contribution < 1.29 is 4.74 Å². The van der Waals surface area contributed by atoms with Gasteiger partial charge in [0.1, 0.15) is 5.82 Å². The molecule has 0 bridgehead atoms. The van der Waals surface area contributed by atoms with Gasteiger partial charge in [0.25, 0.3) is 0 Å². The highest BCUT2D eigenvalue weighted by Gasteiger charge is 2.20. The van der Waals surface area contributed by atoms with Crippen LogP contribution in [0.5, 0.6) is 0 Å². The van der Waals surface area contributed by atoms with Gasteiger partial charge in [-0.2, -0.15) is 0 Å². The van der Waals surface area contributed by atoms with Gasteiger partial charge in [0.05, 0.1) is 30.0 Å². The van der Waals surface area contributed by atoms with Crippen LogP contribution >= 0.6 is 11.6 Å². The molecule has 0 aliphatic carbocycles. The van der Waals surface area contributed by atoms with Crippen LogP contribution in [0, 0.1) is 0 Å². The van der Waals surface area contributed by atoms with Crippen LogP contribution in [0.3, 0.4) is 0 Å². The Labute approximate surface area is 120 Å². The van der Waals surface area contributed by atoms with Crippen molar-refractivity contribution in [3.8, 4) is 0 Å². The second-order valence-electron chi connectivity index (χ2n) is 5.25. The zero-order chi connectivity index (χ0) is 13.8. The van der Waals surface area contributed by atoms with E-state index in [1.807, 2.05) is 12.1 Å². The van der Waals surface area contributed by atoms with E-state index in [2.05, 4.69) is 31.0 Å². The normalized spacial score (nSPS) is 20.1. The summed E-state index contributed by atoms with van der Waals surface area (Å²) in [5, 5.41) is 4.07. The SMILES string of the molecule is CC(C)NCc1nc(N2CCOCC2C)ccc1Cl. The monoisotopic (exact) mass is 283 g/mol. The lowest BCUT2D eigenvalue weighted by atomic mass is 10.2. The lowest BCUT2D eigenvalue weighted by molar-refractivity contribution is 0.0985. The van der Waals surface area contributed by atoms with Crippen LogP contribution in [0.25, 0.3) is 0 Å². The van der Waals surface area contributed by atoms with E-state index in [-0.39, 0.29) is 0 Å². The van der Waals surface area contributed by atoms with E-state index in [0.29, 0.717) is 18.6 Å². The van der Waals surface area contributed by atoms with Crippen molar-refractivity contribution in [3.05, 3.63) is 22.8 Å². The molecule has 1 atom stereocenters. The zero-order valence-electron chi connectivity index (χ0n) is 11.8. The van der Waals surface area contributed by atoms with Gasteiger partial charge in [0, 0.05) is 19.1 Å². The molecule has 0 amide bonds. The van der Waals surface area contributed by atoms with E-state index in [1.54, 1.807) is 0 Å². The molecule has 4 nitrogen and oxygen atoms in total. The Morgan fingerprint density at radius 1 is 1.53 bits per heavy atom. The number of pyridine rings is 1. The second kappa shape index (κ2) is 6.55. The number of nitrogens with zero attached hydrogens (tertiary/aromatic N) is 2. The number of hydrogen-bond acceptors (Lipinski definition) is 4. The molecule has 1 N–H and O–H groups in total. The van der Waals surface area contributed by atoms with Crippen LogP contribution in [0.4, 0.5) is 5.82 Å². The summed E-state index contributed by atoms with van der Waals surface area (Å²) in [6.07, 6.45) is 0. The molecular weight excluding hydrogens is 262 g/mol.